The first-order chi connectivity index (χ1) is 9.08. The number of nitrogens with zero attached hydrogens (tertiary/aromatic N) is 1. The lowest BCUT2D eigenvalue weighted by Gasteiger charge is -2.19. The monoisotopic (exact) mass is 325 g/mol. The molecule has 4 heteroatoms. The lowest BCUT2D eigenvalue weighted by atomic mass is 10.1. The van der Waals surface area contributed by atoms with Gasteiger partial charge in [-0.2, -0.15) is 0 Å². The number of carbonyl (C=O) groups excluding carboxylic acids is 1. The molecular formula is C15H20BrNO2. The maximum Gasteiger partial charge on any atom is 0.163 e. The van der Waals surface area contributed by atoms with Gasteiger partial charge >= 0.3 is 0 Å². The average molecular weight is 326 g/mol. The molecule has 104 valence electrons. The van der Waals surface area contributed by atoms with E-state index in [9.17, 15) is 4.79 Å². The molecule has 1 aliphatic rings. The largest absolute Gasteiger partial charge is 0.493 e. The molecule has 0 N–H and O–H groups in total. The standard InChI is InChI=1S/C15H20BrNO2/c1-11(18)14-6-5-12(16)10-15(14)19-9-7-13-4-3-8-17(13)2/h5-6,10,13H,3-4,7-9H2,1-2H3. The number of ether oxygens (including phenoxy) is 1. The number of halogens is 1. The third-order valence-electron chi connectivity index (χ3n) is 3.70. The van der Waals surface area contributed by atoms with Crippen LogP contribution in [0.3, 0.4) is 0 Å². The Balaban J connectivity index is 1.95. The van der Waals surface area contributed by atoms with Crippen LogP contribution in [0.2, 0.25) is 0 Å². The molecule has 1 atom stereocenters. The molecule has 1 saturated heterocycles. The Morgan fingerprint density at radius 3 is 2.95 bits per heavy atom. The smallest absolute Gasteiger partial charge is 0.163 e. The second kappa shape index (κ2) is 6.53. The first kappa shape index (κ1) is 14.5. The predicted molar refractivity (Wildman–Crippen MR) is 79.9 cm³/mol. The highest BCUT2D eigenvalue weighted by molar-refractivity contribution is 9.10. The molecule has 1 heterocycles. The summed E-state index contributed by atoms with van der Waals surface area (Å²) in [5.74, 6) is 0.725. The van der Waals surface area contributed by atoms with E-state index in [0.717, 1.165) is 10.9 Å². The lowest BCUT2D eigenvalue weighted by molar-refractivity contribution is 0.101. The maximum atomic E-state index is 11.5. The van der Waals surface area contributed by atoms with E-state index in [1.54, 1.807) is 6.92 Å². The first-order valence-corrected chi connectivity index (χ1v) is 7.51. The second-order valence-electron chi connectivity index (χ2n) is 5.11. The van der Waals surface area contributed by atoms with Crippen molar-refractivity contribution in [2.24, 2.45) is 0 Å². The van der Waals surface area contributed by atoms with Gasteiger partial charge in [-0.3, -0.25) is 4.79 Å². The van der Waals surface area contributed by atoms with Crippen LogP contribution in [0.15, 0.2) is 22.7 Å². The summed E-state index contributed by atoms with van der Waals surface area (Å²) < 4.78 is 6.75. The zero-order valence-corrected chi connectivity index (χ0v) is 13.1. The number of ketones is 1. The van der Waals surface area contributed by atoms with Crippen molar-refractivity contribution < 1.29 is 9.53 Å². The van der Waals surface area contributed by atoms with Crippen LogP contribution < -0.4 is 4.74 Å². The number of Topliss-reactive ketones (excluding diaryl/α,β-unsaturated/α-hetero) is 1. The SMILES string of the molecule is CC(=O)c1ccc(Br)cc1OCCC1CCCN1C. The van der Waals surface area contributed by atoms with Gasteiger partial charge in [0, 0.05) is 10.5 Å². The van der Waals surface area contributed by atoms with Crippen molar-refractivity contribution in [3.8, 4) is 5.75 Å². The molecule has 19 heavy (non-hydrogen) atoms. The average Bonchev–Trinajstić information content (AvgIpc) is 2.75. The van der Waals surface area contributed by atoms with Crippen LogP contribution in [-0.2, 0) is 0 Å². The molecule has 0 saturated carbocycles. The highest BCUT2D eigenvalue weighted by Crippen LogP contribution is 2.25. The number of benzene rings is 1. The minimum absolute atomic E-state index is 0.0421. The molecule has 1 unspecified atom stereocenters. The van der Waals surface area contributed by atoms with Gasteiger partial charge in [-0.15, -0.1) is 0 Å². The number of hydrogen-bond acceptors (Lipinski definition) is 3. The summed E-state index contributed by atoms with van der Waals surface area (Å²) in [6, 6.07) is 6.17. The molecule has 2 rings (SSSR count). The highest BCUT2D eigenvalue weighted by Gasteiger charge is 2.20. The fraction of sp³-hybridized carbons (Fsp3) is 0.533. The van der Waals surface area contributed by atoms with E-state index in [1.165, 1.54) is 19.4 Å². The fourth-order valence-electron chi connectivity index (χ4n) is 2.56. The molecule has 1 aliphatic heterocycles. The van der Waals surface area contributed by atoms with Gasteiger partial charge in [0.15, 0.2) is 5.78 Å². The topological polar surface area (TPSA) is 29.5 Å². The number of carbonyl (C=O) groups is 1. The van der Waals surface area contributed by atoms with Gasteiger partial charge in [-0.1, -0.05) is 15.9 Å². The summed E-state index contributed by atoms with van der Waals surface area (Å²) in [5.41, 5.74) is 0.656. The summed E-state index contributed by atoms with van der Waals surface area (Å²) in [6.07, 6.45) is 3.54. The van der Waals surface area contributed by atoms with Gasteiger partial charge in [-0.05, 0) is 58.0 Å². The van der Waals surface area contributed by atoms with Gasteiger partial charge in [0.05, 0.1) is 12.2 Å². The molecule has 1 aromatic carbocycles. The lowest BCUT2D eigenvalue weighted by Crippen LogP contribution is -2.26. The van der Waals surface area contributed by atoms with Crippen molar-refractivity contribution in [1.29, 1.82) is 0 Å². The number of rotatable bonds is 5. The second-order valence-corrected chi connectivity index (χ2v) is 6.03. The molecule has 0 bridgehead atoms. The Hall–Kier alpha value is -0.870. The van der Waals surface area contributed by atoms with Crippen molar-refractivity contribution >= 4 is 21.7 Å². The highest BCUT2D eigenvalue weighted by atomic mass is 79.9. The molecular weight excluding hydrogens is 306 g/mol. The zero-order valence-electron chi connectivity index (χ0n) is 11.5. The normalized spacial score (nSPS) is 19.6. The third kappa shape index (κ3) is 3.80. The van der Waals surface area contributed by atoms with E-state index in [0.29, 0.717) is 24.0 Å². The van der Waals surface area contributed by atoms with Crippen LogP contribution in [0.5, 0.6) is 5.75 Å². The van der Waals surface area contributed by atoms with Crippen LogP contribution in [0, 0.1) is 0 Å². The quantitative estimate of drug-likeness (QED) is 0.776. The number of likely N-dealkylation sites (tertiary alicyclic amines) is 1. The zero-order chi connectivity index (χ0) is 13.8. The summed E-state index contributed by atoms with van der Waals surface area (Å²) in [5, 5.41) is 0. The number of hydrogen-bond donors (Lipinski definition) is 0. The third-order valence-corrected chi connectivity index (χ3v) is 4.20. The minimum atomic E-state index is 0.0421. The Kier molecular flexibility index (Phi) is 4.99. The molecule has 1 aromatic rings. The van der Waals surface area contributed by atoms with Crippen molar-refractivity contribution in [2.75, 3.05) is 20.2 Å². The molecule has 0 amide bonds. The van der Waals surface area contributed by atoms with Crippen molar-refractivity contribution in [1.82, 2.24) is 4.90 Å². The van der Waals surface area contributed by atoms with Crippen LogP contribution in [-0.4, -0.2) is 36.9 Å². The van der Waals surface area contributed by atoms with E-state index in [1.807, 2.05) is 18.2 Å². The van der Waals surface area contributed by atoms with Crippen LogP contribution in [0.4, 0.5) is 0 Å². The van der Waals surface area contributed by atoms with Gasteiger partial charge < -0.3 is 9.64 Å². The molecule has 0 spiro atoms. The Labute approximate surface area is 123 Å². The van der Waals surface area contributed by atoms with Crippen molar-refractivity contribution in [3.63, 3.8) is 0 Å². The van der Waals surface area contributed by atoms with Gasteiger partial charge in [-0.25, -0.2) is 0 Å². The van der Waals surface area contributed by atoms with Gasteiger partial charge in [0.25, 0.3) is 0 Å². The summed E-state index contributed by atoms with van der Waals surface area (Å²) in [7, 11) is 2.16. The summed E-state index contributed by atoms with van der Waals surface area (Å²) >= 11 is 3.41. The van der Waals surface area contributed by atoms with E-state index in [-0.39, 0.29) is 5.78 Å². The summed E-state index contributed by atoms with van der Waals surface area (Å²) in [6.45, 7) is 3.41. The molecule has 0 aliphatic carbocycles. The fourth-order valence-corrected chi connectivity index (χ4v) is 2.90. The van der Waals surface area contributed by atoms with Crippen LogP contribution >= 0.6 is 15.9 Å². The van der Waals surface area contributed by atoms with Crippen molar-refractivity contribution in [3.05, 3.63) is 28.2 Å². The molecule has 0 radical (unpaired) electrons. The Morgan fingerprint density at radius 1 is 1.53 bits per heavy atom. The predicted octanol–water partition coefficient (Wildman–Crippen LogP) is 3.51. The van der Waals surface area contributed by atoms with Crippen LogP contribution in [0.1, 0.15) is 36.5 Å². The Morgan fingerprint density at radius 2 is 2.32 bits per heavy atom. The minimum Gasteiger partial charge on any atom is -0.493 e. The maximum absolute atomic E-state index is 11.5. The van der Waals surface area contributed by atoms with Gasteiger partial charge in [0.2, 0.25) is 0 Å². The van der Waals surface area contributed by atoms with E-state index in [4.69, 9.17) is 4.74 Å². The van der Waals surface area contributed by atoms with E-state index >= 15 is 0 Å². The first-order valence-electron chi connectivity index (χ1n) is 6.71. The van der Waals surface area contributed by atoms with Crippen molar-refractivity contribution in [2.45, 2.75) is 32.2 Å². The van der Waals surface area contributed by atoms with Gasteiger partial charge in [0.1, 0.15) is 5.75 Å². The Bertz CT molecular complexity index is 461. The molecule has 0 aromatic heterocycles. The van der Waals surface area contributed by atoms with E-state index < -0.39 is 0 Å². The molecule has 3 nitrogen and oxygen atoms in total. The van der Waals surface area contributed by atoms with E-state index in [2.05, 4.69) is 27.9 Å². The van der Waals surface area contributed by atoms with Crippen LogP contribution in [0.25, 0.3) is 0 Å². The summed E-state index contributed by atoms with van der Waals surface area (Å²) in [4.78, 5) is 13.9. The molecule has 1 fully saturated rings.